The lowest BCUT2D eigenvalue weighted by Gasteiger charge is -2.35. The Kier molecular flexibility index (Phi) is 5.28. The highest BCUT2D eigenvalue weighted by Crippen LogP contribution is 2.37. The second kappa shape index (κ2) is 7.87. The summed E-state index contributed by atoms with van der Waals surface area (Å²) in [6.07, 6.45) is 1.76. The first-order valence-corrected chi connectivity index (χ1v) is 10.5. The molecule has 0 unspecified atom stereocenters. The average Bonchev–Trinajstić information content (AvgIpc) is 3.21. The van der Waals surface area contributed by atoms with Crippen LogP contribution in [0.15, 0.2) is 54.7 Å². The number of rotatable bonds is 4. The molecule has 29 heavy (non-hydrogen) atoms. The van der Waals surface area contributed by atoms with Crippen LogP contribution in [0.4, 0.5) is 0 Å². The minimum atomic E-state index is -0.324. The van der Waals surface area contributed by atoms with Crippen LogP contribution in [0.25, 0.3) is 10.4 Å². The third-order valence-electron chi connectivity index (χ3n) is 4.74. The first-order chi connectivity index (χ1) is 13.9. The van der Waals surface area contributed by atoms with E-state index in [4.69, 9.17) is 9.47 Å². The summed E-state index contributed by atoms with van der Waals surface area (Å²) in [6.45, 7) is 7.73. The van der Waals surface area contributed by atoms with Gasteiger partial charge in [-0.3, -0.25) is 9.78 Å². The molecule has 0 atom stereocenters. The number of benzene rings is 1. The quantitative estimate of drug-likeness (QED) is 0.608. The van der Waals surface area contributed by atoms with Crippen LogP contribution in [-0.2, 0) is 6.54 Å². The molecule has 3 heterocycles. The number of ether oxygens (including phenoxy) is 2. The number of aromatic nitrogens is 1. The van der Waals surface area contributed by atoms with Gasteiger partial charge in [0.15, 0.2) is 11.5 Å². The predicted octanol–water partition coefficient (Wildman–Crippen LogP) is 5.02. The Labute approximate surface area is 174 Å². The van der Waals surface area contributed by atoms with Crippen LogP contribution < -0.4 is 9.47 Å². The van der Waals surface area contributed by atoms with Crippen molar-refractivity contribution < 1.29 is 14.3 Å². The van der Waals surface area contributed by atoms with Gasteiger partial charge >= 0.3 is 0 Å². The van der Waals surface area contributed by atoms with Crippen LogP contribution in [0.1, 0.15) is 36.1 Å². The second-order valence-electron chi connectivity index (χ2n) is 7.91. The molecule has 150 valence electrons. The number of nitrogens with zero attached hydrogens (tertiary/aromatic N) is 2. The molecule has 0 N–H and O–H groups in total. The summed E-state index contributed by atoms with van der Waals surface area (Å²) in [5.41, 5.74) is 1.57. The van der Waals surface area contributed by atoms with E-state index in [9.17, 15) is 4.79 Å². The minimum absolute atomic E-state index is 0.0111. The number of carbonyl (C=O) groups excluding carboxylic acids is 1. The molecule has 0 aliphatic carbocycles. The van der Waals surface area contributed by atoms with Gasteiger partial charge in [-0.25, -0.2) is 0 Å². The van der Waals surface area contributed by atoms with Gasteiger partial charge < -0.3 is 14.4 Å². The van der Waals surface area contributed by atoms with Crippen molar-refractivity contribution in [1.82, 2.24) is 9.88 Å². The van der Waals surface area contributed by atoms with Crippen molar-refractivity contribution in [2.75, 3.05) is 13.2 Å². The molecule has 1 amide bonds. The first-order valence-electron chi connectivity index (χ1n) is 9.63. The van der Waals surface area contributed by atoms with Crippen LogP contribution in [0.5, 0.6) is 11.5 Å². The smallest absolute Gasteiger partial charge is 0.264 e. The summed E-state index contributed by atoms with van der Waals surface area (Å²) in [6, 6.07) is 15.6. The Bertz CT molecular complexity index is 1010. The van der Waals surface area contributed by atoms with E-state index >= 15 is 0 Å². The second-order valence-corrected chi connectivity index (χ2v) is 8.99. The summed E-state index contributed by atoms with van der Waals surface area (Å²) in [5.74, 6) is 1.53. The molecular formula is C23H24N2O3S. The molecule has 0 spiro atoms. The molecule has 1 aliphatic heterocycles. The number of thiophene rings is 1. The molecule has 0 bridgehead atoms. The lowest BCUT2D eigenvalue weighted by Crippen LogP contribution is -2.45. The molecule has 1 aliphatic rings. The molecule has 6 heteroatoms. The Morgan fingerprint density at radius 1 is 1.07 bits per heavy atom. The van der Waals surface area contributed by atoms with E-state index in [1.54, 1.807) is 6.20 Å². The average molecular weight is 409 g/mol. The maximum atomic E-state index is 13.3. The highest BCUT2D eigenvalue weighted by molar-refractivity contribution is 7.17. The van der Waals surface area contributed by atoms with Crippen LogP contribution in [0.2, 0.25) is 0 Å². The van der Waals surface area contributed by atoms with E-state index in [1.807, 2.05) is 74.2 Å². The van der Waals surface area contributed by atoms with Gasteiger partial charge in [0, 0.05) is 16.6 Å². The molecule has 0 radical (unpaired) electrons. The molecule has 5 nitrogen and oxygen atoms in total. The Balaban J connectivity index is 1.59. The van der Waals surface area contributed by atoms with Gasteiger partial charge in [-0.1, -0.05) is 6.07 Å². The first kappa shape index (κ1) is 19.5. The largest absolute Gasteiger partial charge is 0.486 e. The van der Waals surface area contributed by atoms with Gasteiger partial charge in [0.2, 0.25) is 0 Å². The van der Waals surface area contributed by atoms with Crippen LogP contribution >= 0.6 is 11.3 Å². The summed E-state index contributed by atoms with van der Waals surface area (Å²) >= 11 is 1.49. The van der Waals surface area contributed by atoms with Crippen molar-refractivity contribution in [2.45, 2.75) is 32.9 Å². The molecule has 3 aromatic rings. The normalized spacial score (nSPS) is 13.2. The Morgan fingerprint density at radius 3 is 2.59 bits per heavy atom. The van der Waals surface area contributed by atoms with Crippen molar-refractivity contribution in [3.05, 3.63) is 65.3 Å². The Morgan fingerprint density at radius 2 is 1.86 bits per heavy atom. The molecule has 0 saturated heterocycles. The van der Waals surface area contributed by atoms with Crippen LogP contribution in [-0.4, -0.2) is 34.5 Å². The van der Waals surface area contributed by atoms with Gasteiger partial charge in [0.1, 0.15) is 13.2 Å². The van der Waals surface area contributed by atoms with E-state index < -0.39 is 0 Å². The number of hydrogen-bond acceptors (Lipinski definition) is 5. The van der Waals surface area contributed by atoms with Gasteiger partial charge in [0.25, 0.3) is 5.91 Å². The van der Waals surface area contributed by atoms with Crippen molar-refractivity contribution in [1.29, 1.82) is 0 Å². The summed E-state index contributed by atoms with van der Waals surface area (Å²) in [7, 11) is 0. The number of hydrogen-bond donors (Lipinski definition) is 0. The maximum Gasteiger partial charge on any atom is 0.264 e. The summed E-state index contributed by atoms with van der Waals surface area (Å²) < 4.78 is 11.3. The van der Waals surface area contributed by atoms with Gasteiger partial charge in [-0.2, -0.15) is 0 Å². The minimum Gasteiger partial charge on any atom is -0.486 e. The zero-order valence-electron chi connectivity index (χ0n) is 16.8. The predicted molar refractivity (Wildman–Crippen MR) is 115 cm³/mol. The van der Waals surface area contributed by atoms with Crippen molar-refractivity contribution in [3.63, 3.8) is 0 Å². The highest BCUT2D eigenvalue weighted by atomic mass is 32.1. The monoisotopic (exact) mass is 408 g/mol. The topological polar surface area (TPSA) is 51.7 Å². The van der Waals surface area contributed by atoms with E-state index in [1.165, 1.54) is 11.3 Å². The molecule has 0 fully saturated rings. The third kappa shape index (κ3) is 4.27. The third-order valence-corrected chi connectivity index (χ3v) is 5.87. The van der Waals surface area contributed by atoms with Crippen LogP contribution in [0.3, 0.4) is 0 Å². The van der Waals surface area contributed by atoms with E-state index in [0.29, 0.717) is 24.6 Å². The van der Waals surface area contributed by atoms with Crippen molar-refractivity contribution in [3.8, 4) is 21.9 Å². The fourth-order valence-electron chi connectivity index (χ4n) is 3.20. The number of carbonyl (C=O) groups is 1. The fourth-order valence-corrected chi connectivity index (χ4v) is 4.16. The standard InChI is InChI=1S/C23H24N2O3S/c1-23(2,3)25(15-17-6-4-5-11-24-17)22(26)21-10-9-20(29-21)16-7-8-18-19(14-16)28-13-12-27-18/h4-11,14H,12-13,15H2,1-3H3. The molecule has 1 aromatic carbocycles. The SMILES string of the molecule is CC(C)(C)N(Cc1ccccn1)C(=O)c1ccc(-c2ccc3c(c2)OCCO3)s1. The van der Waals surface area contributed by atoms with Gasteiger partial charge in [-0.05, 0) is 68.8 Å². The van der Waals surface area contributed by atoms with Crippen molar-refractivity contribution in [2.24, 2.45) is 0 Å². The molecular weight excluding hydrogens is 384 g/mol. The van der Waals surface area contributed by atoms with E-state index in [-0.39, 0.29) is 11.4 Å². The van der Waals surface area contributed by atoms with E-state index in [2.05, 4.69) is 4.98 Å². The lowest BCUT2D eigenvalue weighted by atomic mass is 10.0. The molecule has 4 rings (SSSR count). The molecule has 2 aromatic heterocycles. The lowest BCUT2D eigenvalue weighted by molar-refractivity contribution is 0.0560. The van der Waals surface area contributed by atoms with Gasteiger partial charge in [-0.15, -0.1) is 11.3 Å². The fraction of sp³-hybridized carbons (Fsp3) is 0.304. The van der Waals surface area contributed by atoms with Crippen molar-refractivity contribution >= 4 is 17.2 Å². The summed E-state index contributed by atoms with van der Waals surface area (Å²) in [5, 5.41) is 0. The maximum absolute atomic E-state index is 13.3. The zero-order valence-corrected chi connectivity index (χ0v) is 17.7. The zero-order chi connectivity index (χ0) is 20.4. The van der Waals surface area contributed by atoms with E-state index in [0.717, 1.165) is 27.6 Å². The van der Waals surface area contributed by atoms with Gasteiger partial charge in [0.05, 0.1) is 17.1 Å². The number of amides is 1. The van der Waals surface area contributed by atoms with Crippen LogP contribution in [0, 0.1) is 0 Å². The highest BCUT2D eigenvalue weighted by Gasteiger charge is 2.29. The summed E-state index contributed by atoms with van der Waals surface area (Å²) in [4.78, 5) is 21.3. The number of pyridine rings is 1. The molecule has 0 saturated carbocycles. The number of fused-ring (bicyclic) bond motifs is 1. The Hall–Kier alpha value is -2.86.